The molecule has 1 aromatic rings. The highest BCUT2D eigenvalue weighted by molar-refractivity contribution is 5.05. The van der Waals surface area contributed by atoms with Crippen LogP contribution in [0.25, 0.3) is 0 Å². The maximum atomic E-state index is 5.58. The van der Waals surface area contributed by atoms with Crippen molar-refractivity contribution < 1.29 is 4.42 Å². The minimum absolute atomic E-state index is 0.660. The van der Waals surface area contributed by atoms with Gasteiger partial charge in [0.1, 0.15) is 11.5 Å². The van der Waals surface area contributed by atoms with Crippen LogP contribution >= 0.6 is 0 Å². The molecule has 0 unspecified atom stereocenters. The number of nitrogens with one attached hydrogen (secondary N) is 1. The van der Waals surface area contributed by atoms with Gasteiger partial charge in [-0.2, -0.15) is 0 Å². The Morgan fingerprint density at radius 3 is 2.72 bits per heavy atom. The van der Waals surface area contributed by atoms with E-state index in [-0.39, 0.29) is 0 Å². The average molecular weight is 250 g/mol. The zero-order valence-corrected chi connectivity index (χ0v) is 11.7. The molecular weight excluding hydrogens is 224 g/mol. The Labute approximate surface area is 111 Å². The Bertz CT molecular complexity index is 340. The number of aryl methyl sites for hydroxylation is 1. The first-order valence-electron chi connectivity index (χ1n) is 7.29. The van der Waals surface area contributed by atoms with Crippen LogP contribution in [0.4, 0.5) is 0 Å². The molecule has 0 amide bonds. The van der Waals surface area contributed by atoms with Crippen LogP contribution in [0.1, 0.15) is 44.1 Å². The smallest absolute Gasteiger partial charge is 0.117 e. The molecule has 1 saturated heterocycles. The fourth-order valence-corrected chi connectivity index (χ4v) is 2.57. The van der Waals surface area contributed by atoms with Gasteiger partial charge in [-0.3, -0.25) is 0 Å². The zero-order valence-electron chi connectivity index (χ0n) is 11.7. The van der Waals surface area contributed by atoms with Crippen LogP contribution in [0.5, 0.6) is 0 Å². The molecule has 0 radical (unpaired) electrons. The Hall–Kier alpha value is -0.800. The lowest BCUT2D eigenvalue weighted by atomic mass is 10.0. The fourth-order valence-electron chi connectivity index (χ4n) is 2.57. The van der Waals surface area contributed by atoms with Gasteiger partial charge in [-0.25, -0.2) is 0 Å². The molecule has 0 saturated carbocycles. The van der Waals surface area contributed by atoms with E-state index in [1.807, 2.05) is 13.0 Å². The van der Waals surface area contributed by atoms with Crippen LogP contribution in [0, 0.1) is 6.92 Å². The summed E-state index contributed by atoms with van der Waals surface area (Å²) in [6, 6.07) is 4.76. The first kappa shape index (κ1) is 13.6. The normalized spacial score (nSPS) is 18.3. The number of nitrogens with zero attached hydrogens (tertiary/aromatic N) is 1. The molecule has 0 atom stereocenters. The van der Waals surface area contributed by atoms with Gasteiger partial charge in [0.25, 0.3) is 0 Å². The van der Waals surface area contributed by atoms with E-state index in [0.717, 1.165) is 18.1 Å². The second kappa shape index (κ2) is 6.95. The summed E-state index contributed by atoms with van der Waals surface area (Å²) >= 11 is 0. The molecule has 0 bridgehead atoms. The highest BCUT2D eigenvalue weighted by Crippen LogP contribution is 2.12. The third-order valence-electron chi connectivity index (χ3n) is 3.78. The molecule has 1 aromatic heterocycles. The summed E-state index contributed by atoms with van der Waals surface area (Å²) in [5.41, 5.74) is 0. The van der Waals surface area contributed by atoms with E-state index in [2.05, 4.69) is 23.2 Å². The zero-order chi connectivity index (χ0) is 12.8. The molecule has 3 heteroatoms. The van der Waals surface area contributed by atoms with Crippen LogP contribution in [-0.2, 0) is 6.54 Å². The maximum Gasteiger partial charge on any atom is 0.117 e. The second-order valence-electron chi connectivity index (χ2n) is 5.36. The highest BCUT2D eigenvalue weighted by atomic mass is 16.3. The van der Waals surface area contributed by atoms with Crippen molar-refractivity contribution in [2.45, 2.75) is 52.1 Å². The molecule has 0 spiro atoms. The van der Waals surface area contributed by atoms with E-state index in [4.69, 9.17) is 4.42 Å². The van der Waals surface area contributed by atoms with E-state index >= 15 is 0 Å². The van der Waals surface area contributed by atoms with Crippen LogP contribution in [0.2, 0.25) is 0 Å². The van der Waals surface area contributed by atoms with Gasteiger partial charge in [0, 0.05) is 6.04 Å². The van der Waals surface area contributed by atoms with E-state index in [1.54, 1.807) is 0 Å². The number of piperidine rings is 1. The van der Waals surface area contributed by atoms with Gasteiger partial charge in [-0.05, 0) is 58.0 Å². The first-order chi connectivity index (χ1) is 8.78. The maximum absolute atomic E-state index is 5.58. The van der Waals surface area contributed by atoms with Gasteiger partial charge in [-0.1, -0.05) is 13.3 Å². The van der Waals surface area contributed by atoms with Gasteiger partial charge >= 0.3 is 0 Å². The molecule has 1 N–H and O–H groups in total. The molecular formula is C15H26N2O. The molecule has 0 aliphatic carbocycles. The van der Waals surface area contributed by atoms with Gasteiger partial charge in [-0.15, -0.1) is 0 Å². The first-order valence-corrected chi connectivity index (χ1v) is 7.29. The van der Waals surface area contributed by atoms with Crippen molar-refractivity contribution in [1.82, 2.24) is 10.2 Å². The molecule has 102 valence electrons. The predicted molar refractivity (Wildman–Crippen MR) is 74.7 cm³/mol. The SMILES string of the molecule is CCCCN1CCC(NCc2ccc(C)o2)CC1. The van der Waals surface area contributed by atoms with Crippen molar-refractivity contribution in [3.8, 4) is 0 Å². The standard InChI is InChI=1S/C15H26N2O/c1-3-4-9-17-10-7-14(8-11-17)16-12-15-6-5-13(2)18-15/h5-6,14,16H,3-4,7-12H2,1-2H3. The van der Waals surface area contributed by atoms with Crippen molar-refractivity contribution in [2.24, 2.45) is 0 Å². The van der Waals surface area contributed by atoms with Gasteiger partial charge in [0.2, 0.25) is 0 Å². The third-order valence-corrected chi connectivity index (χ3v) is 3.78. The summed E-state index contributed by atoms with van der Waals surface area (Å²) in [4.78, 5) is 2.60. The Kier molecular flexibility index (Phi) is 5.26. The van der Waals surface area contributed by atoms with Gasteiger partial charge in [0.15, 0.2) is 0 Å². The van der Waals surface area contributed by atoms with Crippen LogP contribution in [-0.4, -0.2) is 30.6 Å². The van der Waals surface area contributed by atoms with Crippen molar-refractivity contribution >= 4 is 0 Å². The van der Waals surface area contributed by atoms with Crippen LogP contribution in [0.3, 0.4) is 0 Å². The third kappa shape index (κ3) is 4.14. The molecule has 2 heterocycles. The second-order valence-corrected chi connectivity index (χ2v) is 5.36. The van der Waals surface area contributed by atoms with Gasteiger partial charge in [0.05, 0.1) is 6.54 Å². The van der Waals surface area contributed by atoms with Crippen LogP contribution in [0.15, 0.2) is 16.5 Å². The molecule has 18 heavy (non-hydrogen) atoms. The lowest BCUT2D eigenvalue weighted by Gasteiger charge is -2.32. The topological polar surface area (TPSA) is 28.4 Å². The number of rotatable bonds is 6. The molecule has 1 aliphatic heterocycles. The molecule has 2 rings (SSSR count). The fraction of sp³-hybridized carbons (Fsp3) is 0.733. The molecule has 0 aromatic carbocycles. The van der Waals surface area contributed by atoms with Gasteiger partial charge < -0.3 is 14.6 Å². The van der Waals surface area contributed by atoms with Crippen molar-refractivity contribution in [1.29, 1.82) is 0 Å². The summed E-state index contributed by atoms with van der Waals surface area (Å²) in [6.07, 6.45) is 5.17. The Morgan fingerprint density at radius 1 is 1.33 bits per heavy atom. The summed E-state index contributed by atoms with van der Waals surface area (Å²) in [5, 5.41) is 3.61. The molecule has 1 fully saturated rings. The highest BCUT2D eigenvalue weighted by Gasteiger charge is 2.18. The summed E-state index contributed by atoms with van der Waals surface area (Å²) < 4.78 is 5.58. The number of unbranched alkanes of at least 4 members (excludes halogenated alkanes) is 1. The lowest BCUT2D eigenvalue weighted by Crippen LogP contribution is -2.42. The largest absolute Gasteiger partial charge is 0.465 e. The average Bonchev–Trinajstić information content (AvgIpc) is 2.81. The monoisotopic (exact) mass is 250 g/mol. The number of hydrogen-bond donors (Lipinski definition) is 1. The van der Waals surface area contributed by atoms with E-state index in [0.29, 0.717) is 6.04 Å². The van der Waals surface area contributed by atoms with E-state index < -0.39 is 0 Å². The van der Waals surface area contributed by atoms with Crippen molar-refractivity contribution in [2.75, 3.05) is 19.6 Å². The van der Waals surface area contributed by atoms with E-state index in [1.165, 1.54) is 45.3 Å². The Balaban J connectivity index is 1.64. The minimum Gasteiger partial charge on any atom is -0.465 e. The summed E-state index contributed by atoms with van der Waals surface area (Å²) in [5.74, 6) is 2.06. The number of furan rings is 1. The quantitative estimate of drug-likeness (QED) is 0.841. The Morgan fingerprint density at radius 2 is 2.11 bits per heavy atom. The molecule has 1 aliphatic rings. The minimum atomic E-state index is 0.660. The van der Waals surface area contributed by atoms with Crippen molar-refractivity contribution in [3.05, 3.63) is 23.7 Å². The predicted octanol–water partition coefficient (Wildman–Crippen LogP) is 2.94. The molecule has 3 nitrogen and oxygen atoms in total. The summed E-state index contributed by atoms with van der Waals surface area (Å²) in [6.45, 7) is 8.90. The lowest BCUT2D eigenvalue weighted by molar-refractivity contribution is 0.193. The van der Waals surface area contributed by atoms with Crippen molar-refractivity contribution in [3.63, 3.8) is 0 Å². The van der Waals surface area contributed by atoms with Crippen LogP contribution < -0.4 is 5.32 Å². The summed E-state index contributed by atoms with van der Waals surface area (Å²) in [7, 11) is 0. The number of likely N-dealkylation sites (tertiary alicyclic amines) is 1. The van der Waals surface area contributed by atoms with E-state index in [9.17, 15) is 0 Å². The number of hydrogen-bond acceptors (Lipinski definition) is 3.